The number of hydrogen-bond donors (Lipinski definition) is 1. The number of carbonyl (C=O) groups is 1. The number of fused-ring (bicyclic) bond motifs is 1. The minimum atomic E-state index is -0.525. The van der Waals surface area contributed by atoms with Crippen LogP contribution in [0.2, 0.25) is 0 Å². The lowest BCUT2D eigenvalue weighted by Gasteiger charge is -2.20. The van der Waals surface area contributed by atoms with Crippen LogP contribution in [0.4, 0.5) is 0 Å². The van der Waals surface area contributed by atoms with Gasteiger partial charge in [0.2, 0.25) is 10.9 Å². The zero-order valence-electron chi connectivity index (χ0n) is 17.6. The van der Waals surface area contributed by atoms with Crippen molar-refractivity contribution in [3.8, 4) is 23.0 Å². The summed E-state index contributed by atoms with van der Waals surface area (Å²) in [5.74, 6) is 1.42. The molecule has 0 saturated heterocycles. The molecule has 2 aliphatic rings. The van der Waals surface area contributed by atoms with Gasteiger partial charge in [-0.2, -0.15) is 15.1 Å². The van der Waals surface area contributed by atoms with Crippen LogP contribution in [-0.4, -0.2) is 54.9 Å². The Balaban J connectivity index is 1.59. The van der Waals surface area contributed by atoms with E-state index >= 15 is 0 Å². The Kier molecular flexibility index (Phi) is 6.13. The number of rotatable bonds is 7. The molecule has 0 aromatic heterocycles. The second-order valence-corrected chi connectivity index (χ2v) is 7.61. The zero-order valence-corrected chi connectivity index (χ0v) is 18.4. The van der Waals surface area contributed by atoms with Crippen molar-refractivity contribution in [1.29, 1.82) is 5.41 Å². The third-order valence-electron chi connectivity index (χ3n) is 4.60. The van der Waals surface area contributed by atoms with Gasteiger partial charge in [-0.1, -0.05) is 18.2 Å². The molecule has 1 N–H and O–H groups in total. The summed E-state index contributed by atoms with van der Waals surface area (Å²) in [5.41, 5.74) is 0.687. The topological polar surface area (TPSA) is 106 Å². The molecule has 2 aromatic carbocycles. The molecule has 2 aromatic rings. The van der Waals surface area contributed by atoms with Crippen LogP contribution in [0.5, 0.6) is 23.0 Å². The Labute approximate surface area is 188 Å². The van der Waals surface area contributed by atoms with Crippen LogP contribution in [0.15, 0.2) is 58.1 Å². The molecule has 0 bridgehead atoms. The molecule has 0 atom stereocenters. The molecule has 2 aliphatic heterocycles. The monoisotopic (exact) mass is 452 g/mol. The van der Waals surface area contributed by atoms with Crippen LogP contribution in [0.25, 0.3) is 6.08 Å². The van der Waals surface area contributed by atoms with E-state index in [-0.39, 0.29) is 18.0 Å². The minimum Gasteiger partial charge on any atom is -0.493 e. The minimum absolute atomic E-state index is 0.0732. The summed E-state index contributed by atoms with van der Waals surface area (Å²) >= 11 is 1.20. The van der Waals surface area contributed by atoms with Gasteiger partial charge in [-0.25, -0.2) is 0 Å². The highest BCUT2D eigenvalue weighted by Crippen LogP contribution is 2.39. The first-order chi connectivity index (χ1) is 15.5. The Morgan fingerprint density at radius 3 is 2.38 bits per heavy atom. The Hall–Kier alpha value is -3.79. The molecule has 0 unspecified atom stereocenters. The maximum absolute atomic E-state index is 12.7. The molecule has 0 radical (unpaired) electrons. The average Bonchev–Trinajstić information content (AvgIpc) is 3.23. The molecule has 0 saturated carbocycles. The fourth-order valence-electron chi connectivity index (χ4n) is 3.10. The molecule has 9 nitrogen and oxygen atoms in total. The lowest BCUT2D eigenvalue weighted by molar-refractivity contribution is -0.114. The molecule has 2 heterocycles. The zero-order chi connectivity index (χ0) is 22.7. The summed E-state index contributed by atoms with van der Waals surface area (Å²) in [7, 11) is 4.53. The number of amidine groups is 2. The van der Waals surface area contributed by atoms with Crippen LogP contribution in [0.1, 0.15) is 5.56 Å². The first-order valence-electron chi connectivity index (χ1n) is 9.51. The van der Waals surface area contributed by atoms with Gasteiger partial charge in [0, 0.05) is 0 Å². The first-order valence-corrected chi connectivity index (χ1v) is 10.3. The van der Waals surface area contributed by atoms with Crippen molar-refractivity contribution in [1.82, 2.24) is 5.01 Å². The predicted molar refractivity (Wildman–Crippen MR) is 123 cm³/mol. The van der Waals surface area contributed by atoms with E-state index in [0.717, 1.165) is 0 Å². The van der Waals surface area contributed by atoms with Crippen molar-refractivity contribution in [2.24, 2.45) is 10.1 Å². The number of methoxy groups -OCH3 is 3. The van der Waals surface area contributed by atoms with Crippen molar-refractivity contribution in [2.75, 3.05) is 27.9 Å². The Morgan fingerprint density at radius 1 is 1.06 bits per heavy atom. The number of nitrogens with zero attached hydrogens (tertiary/aromatic N) is 3. The number of para-hydroxylation sites is 1. The summed E-state index contributed by atoms with van der Waals surface area (Å²) in [6, 6.07) is 12.7. The second-order valence-electron chi connectivity index (χ2n) is 6.57. The van der Waals surface area contributed by atoms with Gasteiger partial charge in [0.05, 0.1) is 26.9 Å². The number of carbonyl (C=O) groups excluding carboxylic acids is 1. The normalized spacial score (nSPS) is 16.5. The van der Waals surface area contributed by atoms with Crippen LogP contribution < -0.4 is 18.9 Å². The van der Waals surface area contributed by atoms with E-state index in [4.69, 9.17) is 24.4 Å². The summed E-state index contributed by atoms with van der Waals surface area (Å²) in [5, 5.41) is 15.2. The fourth-order valence-corrected chi connectivity index (χ4v) is 3.90. The number of ether oxygens (including phenoxy) is 4. The molecule has 32 heavy (non-hydrogen) atoms. The van der Waals surface area contributed by atoms with Crippen molar-refractivity contribution >= 4 is 39.8 Å². The molecule has 0 fully saturated rings. The largest absolute Gasteiger partial charge is 0.493 e. The summed E-state index contributed by atoms with van der Waals surface area (Å²) in [6.45, 7) is 0.206. The predicted octanol–water partition coefficient (Wildman–Crippen LogP) is 3.41. The maximum Gasteiger partial charge on any atom is 0.283 e. The van der Waals surface area contributed by atoms with Gasteiger partial charge < -0.3 is 18.9 Å². The van der Waals surface area contributed by atoms with Crippen LogP contribution in [0.3, 0.4) is 0 Å². The van der Waals surface area contributed by atoms with Crippen molar-refractivity contribution in [3.05, 3.63) is 53.6 Å². The Morgan fingerprint density at radius 2 is 1.75 bits per heavy atom. The van der Waals surface area contributed by atoms with E-state index in [1.807, 2.05) is 30.3 Å². The number of nitrogens with one attached hydrogen (secondary N) is 1. The average molecular weight is 452 g/mol. The molecular weight excluding hydrogens is 432 g/mol. The lowest BCUT2D eigenvalue weighted by Crippen LogP contribution is -2.35. The highest BCUT2D eigenvalue weighted by molar-refractivity contribution is 8.27. The number of hydrazone groups is 1. The number of benzene rings is 2. The van der Waals surface area contributed by atoms with Crippen LogP contribution >= 0.6 is 11.8 Å². The van der Waals surface area contributed by atoms with Gasteiger partial charge in [-0.3, -0.25) is 10.2 Å². The van der Waals surface area contributed by atoms with Gasteiger partial charge in [0.15, 0.2) is 17.3 Å². The molecule has 0 spiro atoms. The van der Waals surface area contributed by atoms with E-state index in [1.54, 1.807) is 18.2 Å². The SMILES string of the molecule is COc1cc(/C=C2/C(=N)N3N=C(COc4ccccc4)SC3=NC2=O)cc(OC)c1OC. The standard InChI is InChI=1S/C22H20N4O5S/c1-28-16-10-13(11-17(29-2)19(16)30-3)9-15-20(23)26-22(24-21(15)27)32-18(25-26)12-31-14-7-5-4-6-8-14/h4-11,23H,12H2,1-3H3/b15-9-,23-20?. The maximum atomic E-state index is 12.7. The van der Waals surface area contributed by atoms with Gasteiger partial charge in [0.25, 0.3) is 5.91 Å². The molecule has 164 valence electrons. The van der Waals surface area contributed by atoms with Gasteiger partial charge >= 0.3 is 0 Å². The van der Waals surface area contributed by atoms with Crippen LogP contribution in [0, 0.1) is 5.41 Å². The highest BCUT2D eigenvalue weighted by Gasteiger charge is 2.35. The van der Waals surface area contributed by atoms with Gasteiger partial charge in [-0.05, 0) is 47.7 Å². The van der Waals surface area contributed by atoms with E-state index in [2.05, 4.69) is 10.1 Å². The van der Waals surface area contributed by atoms with Gasteiger partial charge in [0.1, 0.15) is 17.4 Å². The third-order valence-corrected chi connectivity index (χ3v) is 5.48. The first kappa shape index (κ1) is 21.4. The molecule has 1 amide bonds. The van der Waals surface area contributed by atoms with E-state index in [9.17, 15) is 4.79 Å². The van der Waals surface area contributed by atoms with Crippen molar-refractivity contribution in [3.63, 3.8) is 0 Å². The molecule has 4 rings (SSSR count). The third kappa shape index (κ3) is 4.17. The number of hydrogen-bond acceptors (Lipinski definition) is 8. The van der Waals surface area contributed by atoms with Crippen molar-refractivity contribution in [2.45, 2.75) is 0 Å². The van der Waals surface area contributed by atoms with Crippen LogP contribution in [-0.2, 0) is 4.79 Å². The number of thioether (sulfide) groups is 1. The summed E-state index contributed by atoms with van der Waals surface area (Å²) in [6.07, 6.45) is 1.55. The molecular formula is C22H20N4O5S. The van der Waals surface area contributed by atoms with E-state index in [1.165, 1.54) is 38.1 Å². The summed E-state index contributed by atoms with van der Waals surface area (Å²) < 4.78 is 21.8. The highest BCUT2D eigenvalue weighted by atomic mass is 32.2. The van der Waals surface area contributed by atoms with E-state index in [0.29, 0.717) is 38.8 Å². The number of aliphatic imine (C=N–C) groups is 1. The quantitative estimate of drug-likeness (QED) is 0.642. The fraction of sp³-hybridized carbons (Fsp3) is 0.182. The van der Waals surface area contributed by atoms with Crippen molar-refractivity contribution < 1.29 is 23.7 Å². The molecule has 10 heteroatoms. The lowest BCUT2D eigenvalue weighted by atomic mass is 10.1. The Bertz CT molecular complexity index is 1140. The summed E-state index contributed by atoms with van der Waals surface area (Å²) in [4.78, 5) is 16.8. The van der Waals surface area contributed by atoms with Gasteiger partial charge in [-0.15, -0.1) is 0 Å². The molecule has 0 aliphatic carbocycles. The number of amides is 1. The smallest absolute Gasteiger partial charge is 0.283 e. The van der Waals surface area contributed by atoms with E-state index < -0.39 is 5.91 Å². The second kappa shape index (κ2) is 9.15.